The maximum Gasteiger partial charge on any atom is 0.472 e. The molecule has 0 spiro atoms. The van der Waals surface area contributed by atoms with E-state index < -0.39 is 78.4 Å². The van der Waals surface area contributed by atoms with Crippen molar-refractivity contribution in [2.45, 2.75) is 180 Å². The van der Waals surface area contributed by atoms with Crippen molar-refractivity contribution < 1.29 is 71.8 Å². The maximum absolute atomic E-state index is 12.7. The van der Waals surface area contributed by atoms with Crippen LogP contribution >= 0.6 is 15.6 Å². The van der Waals surface area contributed by atoms with Gasteiger partial charge in [-0.1, -0.05) is 138 Å². The Balaban J connectivity index is 4.74. The minimum Gasteiger partial charge on any atom is -0.462 e. The van der Waals surface area contributed by atoms with Crippen molar-refractivity contribution in [1.29, 1.82) is 0 Å². The molecule has 17 heteroatoms. The normalized spacial score (nSPS) is 15.6. The Morgan fingerprint density at radius 2 is 1.00 bits per heavy atom. The second-order valence-corrected chi connectivity index (χ2v) is 18.0. The number of allylic oxidation sites excluding steroid dienone is 11. The number of rotatable bonds is 42. The summed E-state index contributed by atoms with van der Waals surface area (Å²) in [6.07, 6.45) is 37.8. The molecule has 0 fully saturated rings. The number of phosphoric acid groups is 2. The second-order valence-electron chi connectivity index (χ2n) is 15.3. The lowest BCUT2D eigenvalue weighted by Gasteiger charge is -2.20. The Labute approximate surface area is 377 Å². The zero-order valence-electron chi connectivity index (χ0n) is 37.9. The largest absolute Gasteiger partial charge is 0.472 e. The van der Waals surface area contributed by atoms with Crippen LogP contribution in [0.15, 0.2) is 72.9 Å². The Morgan fingerprint density at radius 3 is 1.57 bits per heavy atom. The smallest absolute Gasteiger partial charge is 0.462 e. The number of ether oxygens (including phenoxy) is 2. The number of hydrogen-bond acceptors (Lipinski definition) is 12. The van der Waals surface area contributed by atoms with E-state index in [9.17, 15) is 38.9 Å². The van der Waals surface area contributed by atoms with Gasteiger partial charge in [0.2, 0.25) is 0 Å². The Kier molecular flexibility index (Phi) is 39.3. The summed E-state index contributed by atoms with van der Waals surface area (Å²) in [6, 6.07) is 0. The van der Waals surface area contributed by atoms with Gasteiger partial charge in [0, 0.05) is 12.8 Å². The lowest BCUT2D eigenvalue weighted by molar-refractivity contribution is -0.161. The van der Waals surface area contributed by atoms with E-state index in [0.717, 1.165) is 70.6 Å². The quantitative estimate of drug-likeness (QED) is 0.0145. The number of hydrogen-bond donors (Lipinski definition) is 6. The van der Waals surface area contributed by atoms with Crippen molar-refractivity contribution in [2.24, 2.45) is 0 Å². The van der Waals surface area contributed by atoms with Gasteiger partial charge in [-0.25, -0.2) is 9.13 Å². The molecule has 0 aliphatic rings. The van der Waals surface area contributed by atoms with Gasteiger partial charge in [-0.15, -0.1) is 0 Å². The molecule has 0 saturated carbocycles. The topological polar surface area (TPSA) is 236 Å². The molecule has 0 aliphatic carbocycles. The van der Waals surface area contributed by atoms with Gasteiger partial charge in [-0.2, -0.15) is 0 Å². The monoisotopic (exact) mass is 934 g/mol. The Hall–Kier alpha value is -2.52. The van der Waals surface area contributed by atoms with E-state index in [1.165, 1.54) is 25.7 Å². The summed E-state index contributed by atoms with van der Waals surface area (Å²) >= 11 is 0. The fraction of sp³-hybridized carbons (Fsp3) is 0.696. The molecule has 0 radical (unpaired) electrons. The molecule has 5 atom stereocenters. The predicted octanol–water partition coefficient (Wildman–Crippen LogP) is 9.73. The third kappa shape index (κ3) is 43.2. The Morgan fingerprint density at radius 1 is 0.508 bits per heavy atom. The molecule has 6 N–H and O–H groups in total. The van der Waals surface area contributed by atoms with Crippen LogP contribution in [0.1, 0.15) is 155 Å². The van der Waals surface area contributed by atoms with Crippen molar-refractivity contribution in [3.8, 4) is 0 Å². The molecule has 0 heterocycles. The van der Waals surface area contributed by atoms with Gasteiger partial charge in [0.25, 0.3) is 0 Å². The van der Waals surface area contributed by atoms with Crippen molar-refractivity contribution in [1.82, 2.24) is 0 Å². The SMILES string of the molecule is CCCCC/C=C\C/C=C\C/C=C\C/C=C\C/C=C\CCC(=O)O[C@H](COC(=O)CCCCCCC[C@@H](O)[C@H](O)C/C=C\CCCCC)COP(=O)(O)OC[C@@H](O)COP(=O)(O)O. The number of unbranched alkanes of at least 4 members (excludes halogenated alkanes) is 10. The average molecular weight is 935 g/mol. The van der Waals surface area contributed by atoms with Crippen molar-refractivity contribution in [3.05, 3.63) is 72.9 Å². The van der Waals surface area contributed by atoms with E-state index in [1.54, 1.807) is 0 Å². The molecule has 0 amide bonds. The van der Waals surface area contributed by atoms with E-state index in [4.69, 9.17) is 23.8 Å². The number of carbonyl (C=O) groups excluding carboxylic acids is 2. The average Bonchev–Trinajstić information content (AvgIpc) is 3.24. The first-order chi connectivity index (χ1) is 30.2. The molecular weight excluding hydrogens is 854 g/mol. The second kappa shape index (κ2) is 40.9. The molecular formula is C46H80O15P2. The fourth-order valence-electron chi connectivity index (χ4n) is 5.65. The zero-order chi connectivity index (χ0) is 46.9. The number of phosphoric ester groups is 2. The van der Waals surface area contributed by atoms with E-state index in [-0.39, 0.29) is 12.8 Å². The fourth-order valence-corrected chi connectivity index (χ4v) is 6.80. The van der Waals surface area contributed by atoms with Crippen LogP contribution in [0.5, 0.6) is 0 Å². The van der Waals surface area contributed by atoms with Crippen molar-refractivity contribution in [2.75, 3.05) is 26.4 Å². The molecule has 364 valence electrons. The number of aliphatic hydroxyl groups is 3. The highest BCUT2D eigenvalue weighted by Crippen LogP contribution is 2.43. The molecule has 0 bridgehead atoms. The highest BCUT2D eigenvalue weighted by Gasteiger charge is 2.28. The lowest BCUT2D eigenvalue weighted by Crippen LogP contribution is -2.29. The van der Waals surface area contributed by atoms with Crippen LogP contribution < -0.4 is 0 Å². The van der Waals surface area contributed by atoms with Gasteiger partial charge in [-0.05, 0) is 77.0 Å². The molecule has 0 aromatic carbocycles. The van der Waals surface area contributed by atoms with Gasteiger partial charge in [0.1, 0.15) is 12.7 Å². The van der Waals surface area contributed by atoms with Crippen LogP contribution in [0.25, 0.3) is 0 Å². The van der Waals surface area contributed by atoms with Crippen LogP contribution in [-0.4, -0.2) is 92.8 Å². The zero-order valence-corrected chi connectivity index (χ0v) is 39.7. The summed E-state index contributed by atoms with van der Waals surface area (Å²) in [7, 11) is -9.76. The molecule has 0 aromatic rings. The van der Waals surface area contributed by atoms with E-state index in [2.05, 4.69) is 65.4 Å². The molecule has 63 heavy (non-hydrogen) atoms. The van der Waals surface area contributed by atoms with E-state index in [0.29, 0.717) is 32.1 Å². The number of esters is 2. The third-order valence-corrected chi connectivity index (χ3v) is 10.7. The van der Waals surface area contributed by atoms with Crippen LogP contribution in [0.2, 0.25) is 0 Å². The maximum atomic E-state index is 12.7. The third-order valence-electron chi connectivity index (χ3n) is 9.27. The lowest BCUT2D eigenvalue weighted by atomic mass is 10.0. The predicted molar refractivity (Wildman–Crippen MR) is 246 cm³/mol. The summed E-state index contributed by atoms with van der Waals surface area (Å²) < 4.78 is 47.6. The minimum absolute atomic E-state index is 0.0270. The van der Waals surface area contributed by atoms with Gasteiger partial charge < -0.3 is 39.5 Å². The summed E-state index contributed by atoms with van der Waals surface area (Å²) in [5, 5.41) is 30.2. The summed E-state index contributed by atoms with van der Waals surface area (Å²) in [5.41, 5.74) is 0. The van der Waals surface area contributed by atoms with Crippen molar-refractivity contribution in [3.63, 3.8) is 0 Å². The standard InChI is InChI=1S/C46H80O15P2/c1-3-5-7-9-11-12-13-14-15-16-17-18-19-20-21-22-23-27-32-36-46(51)61-42(40-60-63(55,56)59-38-41(47)37-58-62(52,53)54)39-57-45(50)35-31-28-24-26-30-34-44(49)43(48)33-29-25-10-8-6-4-2/h11-12,14-15,17-18,20-21,23,25,27,29,41-44,47-49H,3-10,13,16,19,22,24,26,28,30-40H2,1-2H3,(H,55,56)(H2,52,53,54)/b12-11-,15-14-,18-17-,21-20-,27-23-,29-25-/t41-,42+,43+,44+/m0/s1. The molecule has 0 aromatic heterocycles. The molecule has 1 unspecified atom stereocenters. The van der Waals surface area contributed by atoms with Crippen LogP contribution in [0.4, 0.5) is 0 Å². The number of aliphatic hydroxyl groups excluding tert-OH is 3. The van der Waals surface area contributed by atoms with E-state index >= 15 is 0 Å². The van der Waals surface area contributed by atoms with Gasteiger partial charge in [-0.3, -0.25) is 23.2 Å². The van der Waals surface area contributed by atoms with Crippen LogP contribution in [-0.2, 0) is 41.8 Å². The van der Waals surface area contributed by atoms with Gasteiger partial charge in [0.05, 0.1) is 32.0 Å². The molecule has 0 aliphatic heterocycles. The minimum atomic E-state index is -4.89. The van der Waals surface area contributed by atoms with Crippen LogP contribution in [0, 0.1) is 0 Å². The first-order valence-corrected chi connectivity index (χ1v) is 25.8. The van der Waals surface area contributed by atoms with E-state index in [1.807, 2.05) is 30.4 Å². The molecule has 0 rings (SSSR count). The first-order valence-electron chi connectivity index (χ1n) is 22.8. The van der Waals surface area contributed by atoms with Crippen molar-refractivity contribution >= 4 is 27.6 Å². The van der Waals surface area contributed by atoms with Crippen LogP contribution in [0.3, 0.4) is 0 Å². The number of carbonyl (C=O) groups is 2. The van der Waals surface area contributed by atoms with Gasteiger partial charge in [0.15, 0.2) is 6.10 Å². The highest BCUT2D eigenvalue weighted by atomic mass is 31.2. The summed E-state index contributed by atoms with van der Waals surface area (Å²) in [5.74, 6) is -1.24. The molecule has 15 nitrogen and oxygen atoms in total. The Bertz CT molecular complexity index is 1420. The summed E-state index contributed by atoms with van der Waals surface area (Å²) in [6.45, 7) is 1.41. The molecule has 0 saturated heterocycles. The van der Waals surface area contributed by atoms with Gasteiger partial charge >= 0.3 is 27.6 Å². The summed E-state index contributed by atoms with van der Waals surface area (Å²) in [4.78, 5) is 52.7. The highest BCUT2D eigenvalue weighted by molar-refractivity contribution is 7.47. The first kappa shape index (κ1) is 60.5.